The first kappa shape index (κ1) is 18.2. The fraction of sp³-hybridized carbons (Fsp3) is 0.500. The summed E-state index contributed by atoms with van der Waals surface area (Å²) in [5.74, 6) is -0.920. The molecule has 2 bridgehead atoms. The summed E-state index contributed by atoms with van der Waals surface area (Å²) in [4.78, 5) is 37.8. The normalized spacial score (nSPS) is 34.4. The summed E-state index contributed by atoms with van der Waals surface area (Å²) in [6.45, 7) is 5.40. The van der Waals surface area contributed by atoms with Crippen molar-refractivity contribution in [2.24, 2.45) is 16.2 Å². The van der Waals surface area contributed by atoms with Crippen molar-refractivity contribution in [2.45, 2.75) is 40.0 Å². The zero-order valence-corrected chi connectivity index (χ0v) is 15.8. The summed E-state index contributed by atoms with van der Waals surface area (Å²) < 4.78 is 0. The predicted molar refractivity (Wildman–Crippen MR) is 96.4 cm³/mol. The van der Waals surface area contributed by atoms with Crippen LogP contribution in [0.5, 0.6) is 0 Å². The molecule has 3 amide bonds. The number of carbonyl (C=O) groups is 3. The SMILES string of the molecule is CC12CC(C)(CC(C)(C(=O)Nc3c(Cl)cccc3Cl)C1)C(=O)NC2=O. The van der Waals surface area contributed by atoms with E-state index in [-0.39, 0.29) is 17.7 Å². The minimum absolute atomic E-state index is 0.290. The Morgan fingerprint density at radius 2 is 1.48 bits per heavy atom. The van der Waals surface area contributed by atoms with E-state index >= 15 is 0 Å². The van der Waals surface area contributed by atoms with Crippen molar-refractivity contribution >= 4 is 46.6 Å². The first-order valence-electron chi connectivity index (χ1n) is 8.11. The third kappa shape index (κ3) is 2.93. The first-order valence-corrected chi connectivity index (χ1v) is 8.86. The molecule has 2 N–H and O–H groups in total. The number of anilines is 1. The highest BCUT2D eigenvalue weighted by Crippen LogP contribution is 2.57. The second-order valence-corrected chi connectivity index (χ2v) is 8.86. The number of para-hydroxylation sites is 1. The van der Waals surface area contributed by atoms with Gasteiger partial charge in [-0.3, -0.25) is 19.7 Å². The van der Waals surface area contributed by atoms with Gasteiger partial charge in [-0.2, -0.15) is 0 Å². The van der Waals surface area contributed by atoms with E-state index in [4.69, 9.17) is 23.2 Å². The Morgan fingerprint density at radius 3 is 1.96 bits per heavy atom. The van der Waals surface area contributed by atoms with Gasteiger partial charge in [0, 0.05) is 16.2 Å². The van der Waals surface area contributed by atoms with Crippen LogP contribution in [0.25, 0.3) is 0 Å². The van der Waals surface area contributed by atoms with Gasteiger partial charge in [-0.15, -0.1) is 0 Å². The standard InChI is InChI=1S/C18H20Cl2N2O3/c1-16(13(23)21-12-10(19)5-4-6-11(12)20)7-17(2)9-18(3,8-16)15(25)22-14(17)24/h4-6H,7-9H2,1-3H3,(H,21,23)(H,22,24,25). The highest BCUT2D eigenvalue weighted by Gasteiger charge is 2.60. The van der Waals surface area contributed by atoms with E-state index in [0.717, 1.165) is 0 Å². The van der Waals surface area contributed by atoms with Gasteiger partial charge < -0.3 is 5.32 Å². The number of hydrogen-bond donors (Lipinski definition) is 2. The quantitative estimate of drug-likeness (QED) is 0.763. The van der Waals surface area contributed by atoms with Gasteiger partial charge in [-0.1, -0.05) is 50.0 Å². The number of fused-ring (bicyclic) bond motifs is 2. The average molecular weight is 383 g/mol. The minimum Gasteiger partial charge on any atom is -0.323 e. The fourth-order valence-corrected chi connectivity index (χ4v) is 5.03. The Bertz CT molecular complexity index is 746. The van der Waals surface area contributed by atoms with Crippen LogP contribution in [-0.2, 0) is 14.4 Å². The number of carbonyl (C=O) groups excluding carboxylic acids is 3. The summed E-state index contributed by atoms with van der Waals surface area (Å²) in [7, 11) is 0. The number of piperidine rings is 1. The lowest BCUT2D eigenvalue weighted by Crippen LogP contribution is -2.63. The second kappa shape index (κ2) is 5.71. The van der Waals surface area contributed by atoms with E-state index in [9.17, 15) is 14.4 Å². The van der Waals surface area contributed by atoms with Crippen molar-refractivity contribution in [3.63, 3.8) is 0 Å². The van der Waals surface area contributed by atoms with Gasteiger partial charge in [0.1, 0.15) is 0 Å². The van der Waals surface area contributed by atoms with Crippen LogP contribution in [0.3, 0.4) is 0 Å². The lowest BCUT2D eigenvalue weighted by Gasteiger charge is -2.53. The Kier molecular flexibility index (Phi) is 4.16. The summed E-state index contributed by atoms with van der Waals surface area (Å²) in [6, 6.07) is 4.97. The molecular formula is C18H20Cl2N2O3. The van der Waals surface area contributed by atoms with Crippen molar-refractivity contribution in [3.05, 3.63) is 28.2 Å². The fourth-order valence-electron chi connectivity index (χ4n) is 4.54. The molecule has 2 aliphatic rings. The molecule has 1 aliphatic carbocycles. The maximum Gasteiger partial charge on any atom is 0.232 e. The topological polar surface area (TPSA) is 75.3 Å². The monoisotopic (exact) mass is 382 g/mol. The van der Waals surface area contributed by atoms with Crippen molar-refractivity contribution in [1.29, 1.82) is 0 Å². The zero-order valence-electron chi connectivity index (χ0n) is 14.3. The lowest BCUT2D eigenvalue weighted by atomic mass is 9.52. The van der Waals surface area contributed by atoms with Gasteiger partial charge in [-0.05, 0) is 31.4 Å². The van der Waals surface area contributed by atoms with Gasteiger partial charge in [0.2, 0.25) is 17.7 Å². The molecule has 25 heavy (non-hydrogen) atoms. The van der Waals surface area contributed by atoms with Crippen LogP contribution < -0.4 is 10.6 Å². The average Bonchev–Trinajstić information content (AvgIpc) is 2.48. The Balaban J connectivity index is 1.94. The Hall–Kier alpha value is -1.59. The molecule has 3 rings (SSSR count). The van der Waals surface area contributed by atoms with Gasteiger partial charge >= 0.3 is 0 Å². The van der Waals surface area contributed by atoms with Gasteiger partial charge in [0.15, 0.2) is 0 Å². The van der Waals surface area contributed by atoms with Crippen molar-refractivity contribution in [2.75, 3.05) is 5.32 Å². The number of benzene rings is 1. The van der Waals surface area contributed by atoms with E-state index in [1.807, 2.05) is 0 Å². The molecule has 2 atom stereocenters. The molecular weight excluding hydrogens is 363 g/mol. The largest absolute Gasteiger partial charge is 0.323 e. The Morgan fingerprint density at radius 1 is 1.00 bits per heavy atom. The minimum atomic E-state index is -0.891. The number of amides is 3. The summed E-state index contributed by atoms with van der Waals surface area (Å²) >= 11 is 12.3. The molecule has 7 heteroatoms. The van der Waals surface area contributed by atoms with E-state index in [1.165, 1.54) is 0 Å². The van der Waals surface area contributed by atoms with E-state index in [2.05, 4.69) is 10.6 Å². The maximum atomic E-state index is 13.1. The molecule has 2 fully saturated rings. The molecule has 1 heterocycles. The number of hydrogen-bond acceptors (Lipinski definition) is 3. The first-order chi connectivity index (χ1) is 11.5. The van der Waals surface area contributed by atoms with E-state index in [0.29, 0.717) is 35.0 Å². The number of halogens is 2. The Labute approximate surface area is 156 Å². The van der Waals surface area contributed by atoms with Crippen LogP contribution in [0.2, 0.25) is 10.0 Å². The lowest BCUT2D eigenvalue weighted by molar-refractivity contribution is -0.163. The maximum absolute atomic E-state index is 13.1. The predicted octanol–water partition coefficient (Wildman–Crippen LogP) is 3.79. The van der Waals surface area contributed by atoms with Crippen LogP contribution in [0.15, 0.2) is 18.2 Å². The van der Waals surface area contributed by atoms with Crippen molar-refractivity contribution in [1.82, 2.24) is 5.32 Å². The van der Waals surface area contributed by atoms with Crippen molar-refractivity contribution in [3.8, 4) is 0 Å². The van der Waals surface area contributed by atoms with Gasteiger partial charge in [-0.25, -0.2) is 0 Å². The number of rotatable bonds is 2. The molecule has 1 saturated heterocycles. The molecule has 2 unspecified atom stereocenters. The summed E-state index contributed by atoms with van der Waals surface area (Å²) in [5, 5.41) is 5.93. The van der Waals surface area contributed by atoms with Crippen LogP contribution in [0.4, 0.5) is 5.69 Å². The molecule has 1 saturated carbocycles. The highest BCUT2D eigenvalue weighted by atomic mass is 35.5. The molecule has 5 nitrogen and oxygen atoms in total. The smallest absolute Gasteiger partial charge is 0.232 e. The summed E-state index contributed by atoms with van der Waals surface area (Å²) in [5.41, 5.74) is -2.08. The van der Waals surface area contributed by atoms with E-state index in [1.54, 1.807) is 39.0 Å². The van der Waals surface area contributed by atoms with E-state index < -0.39 is 16.2 Å². The van der Waals surface area contributed by atoms with Crippen molar-refractivity contribution < 1.29 is 14.4 Å². The number of imide groups is 1. The highest BCUT2D eigenvalue weighted by molar-refractivity contribution is 6.39. The van der Waals surface area contributed by atoms with Crippen LogP contribution in [0, 0.1) is 16.2 Å². The second-order valence-electron chi connectivity index (χ2n) is 8.05. The molecule has 0 aromatic heterocycles. The third-order valence-electron chi connectivity index (χ3n) is 5.41. The molecule has 0 radical (unpaired) electrons. The molecule has 1 aromatic carbocycles. The van der Waals surface area contributed by atoms with Gasteiger partial charge in [0.25, 0.3) is 0 Å². The van der Waals surface area contributed by atoms with Crippen LogP contribution >= 0.6 is 23.2 Å². The molecule has 134 valence electrons. The molecule has 1 aromatic rings. The van der Waals surface area contributed by atoms with Crippen LogP contribution in [-0.4, -0.2) is 17.7 Å². The van der Waals surface area contributed by atoms with Gasteiger partial charge in [0.05, 0.1) is 15.7 Å². The third-order valence-corrected chi connectivity index (χ3v) is 6.04. The zero-order chi connectivity index (χ0) is 18.6. The number of nitrogens with one attached hydrogen (secondary N) is 2. The summed E-state index contributed by atoms with van der Waals surface area (Å²) in [6.07, 6.45) is 1.14. The molecule has 1 aliphatic heterocycles. The molecule has 0 spiro atoms. The van der Waals surface area contributed by atoms with Crippen LogP contribution in [0.1, 0.15) is 40.0 Å².